The van der Waals surface area contributed by atoms with Crippen molar-refractivity contribution < 1.29 is 14.1 Å². The number of rotatable bonds is 6. The van der Waals surface area contributed by atoms with Gasteiger partial charge in [0.2, 0.25) is 0 Å². The molecule has 0 radical (unpaired) electrons. The van der Waals surface area contributed by atoms with Gasteiger partial charge in [-0.2, -0.15) is 0 Å². The first-order valence-corrected chi connectivity index (χ1v) is 11.2. The van der Waals surface area contributed by atoms with Gasteiger partial charge in [0.15, 0.2) is 0 Å². The van der Waals surface area contributed by atoms with Gasteiger partial charge in [0.25, 0.3) is 11.8 Å². The van der Waals surface area contributed by atoms with Crippen LogP contribution in [0, 0.1) is 12.8 Å². The van der Waals surface area contributed by atoms with Crippen molar-refractivity contribution in [2.24, 2.45) is 5.92 Å². The molecule has 3 aromatic rings. The van der Waals surface area contributed by atoms with Crippen LogP contribution in [-0.2, 0) is 6.42 Å². The van der Waals surface area contributed by atoms with Gasteiger partial charge in [0.05, 0.1) is 5.69 Å². The Bertz CT molecular complexity index is 1070. The van der Waals surface area contributed by atoms with Crippen molar-refractivity contribution in [3.05, 3.63) is 77.2 Å². The fourth-order valence-corrected chi connectivity index (χ4v) is 4.29. The smallest absolute Gasteiger partial charge is 0.259 e. The molecule has 1 aliphatic rings. The van der Waals surface area contributed by atoms with Gasteiger partial charge < -0.3 is 14.7 Å². The number of piperidine rings is 1. The zero-order valence-corrected chi connectivity index (χ0v) is 18.6. The minimum Gasteiger partial charge on any atom is -0.361 e. The van der Waals surface area contributed by atoms with E-state index in [-0.39, 0.29) is 17.7 Å². The van der Waals surface area contributed by atoms with Gasteiger partial charge in [-0.3, -0.25) is 9.59 Å². The third kappa shape index (κ3) is 4.74. The second kappa shape index (κ2) is 9.81. The van der Waals surface area contributed by atoms with Crippen molar-refractivity contribution in [2.45, 2.75) is 33.1 Å². The molecule has 166 valence electrons. The minimum atomic E-state index is -0.0868. The Morgan fingerprint density at radius 1 is 1.09 bits per heavy atom. The Morgan fingerprint density at radius 2 is 1.81 bits per heavy atom. The van der Waals surface area contributed by atoms with Crippen molar-refractivity contribution >= 4 is 11.8 Å². The summed E-state index contributed by atoms with van der Waals surface area (Å²) in [5.74, 6) is 0.691. The molecule has 1 aliphatic heterocycles. The number of hydrogen-bond acceptors (Lipinski definition) is 4. The predicted octanol–water partition coefficient (Wildman–Crippen LogP) is 4.49. The molecule has 1 saturated heterocycles. The highest BCUT2D eigenvalue weighted by molar-refractivity contribution is 5.96. The number of nitrogens with zero attached hydrogens (tertiary/aromatic N) is 2. The van der Waals surface area contributed by atoms with Gasteiger partial charge in [-0.25, -0.2) is 0 Å². The number of carbonyl (C=O) groups excluding carboxylic acids is 2. The lowest BCUT2D eigenvalue weighted by Crippen LogP contribution is -2.44. The highest BCUT2D eigenvalue weighted by Gasteiger charge is 2.29. The van der Waals surface area contributed by atoms with E-state index in [2.05, 4.69) is 22.6 Å². The highest BCUT2D eigenvalue weighted by Crippen LogP contribution is 2.23. The minimum absolute atomic E-state index is 0.0203. The Labute approximate surface area is 188 Å². The molecule has 2 heterocycles. The average molecular weight is 432 g/mol. The maximum atomic E-state index is 13.1. The summed E-state index contributed by atoms with van der Waals surface area (Å²) in [5, 5.41) is 7.06. The summed E-state index contributed by atoms with van der Waals surface area (Å²) in [6.07, 6.45) is 2.57. The van der Waals surface area contributed by atoms with Crippen LogP contribution in [0.2, 0.25) is 0 Å². The van der Waals surface area contributed by atoms with Crippen molar-refractivity contribution in [3.63, 3.8) is 0 Å². The van der Waals surface area contributed by atoms with E-state index >= 15 is 0 Å². The summed E-state index contributed by atoms with van der Waals surface area (Å²) in [7, 11) is 0. The number of benzene rings is 2. The molecule has 1 atom stereocenters. The summed E-state index contributed by atoms with van der Waals surface area (Å²) in [4.78, 5) is 27.6. The van der Waals surface area contributed by atoms with Crippen molar-refractivity contribution in [2.75, 3.05) is 19.6 Å². The molecule has 6 heteroatoms. The van der Waals surface area contributed by atoms with E-state index in [1.54, 1.807) is 6.92 Å². The van der Waals surface area contributed by atoms with Crippen LogP contribution >= 0.6 is 0 Å². The summed E-state index contributed by atoms with van der Waals surface area (Å²) in [6.45, 7) is 5.64. The van der Waals surface area contributed by atoms with E-state index < -0.39 is 0 Å². The lowest BCUT2D eigenvalue weighted by molar-refractivity contribution is 0.0668. The van der Waals surface area contributed by atoms with Crippen LogP contribution in [0.25, 0.3) is 11.1 Å². The van der Waals surface area contributed by atoms with Crippen molar-refractivity contribution in [1.82, 2.24) is 15.4 Å². The van der Waals surface area contributed by atoms with E-state index in [0.717, 1.165) is 30.5 Å². The van der Waals surface area contributed by atoms with Crippen LogP contribution in [-0.4, -0.2) is 41.5 Å². The van der Waals surface area contributed by atoms with E-state index in [1.807, 2.05) is 54.3 Å². The monoisotopic (exact) mass is 431 g/mol. The summed E-state index contributed by atoms with van der Waals surface area (Å²) < 4.78 is 5.24. The van der Waals surface area contributed by atoms with Crippen LogP contribution in [0.4, 0.5) is 0 Å². The topological polar surface area (TPSA) is 75.4 Å². The van der Waals surface area contributed by atoms with E-state index in [1.165, 1.54) is 0 Å². The average Bonchev–Trinajstić information content (AvgIpc) is 3.23. The van der Waals surface area contributed by atoms with Crippen LogP contribution < -0.4 is 5.32 Å². The fourth-order valence-electron chi connectivity index (χ4n) is 4.29. The SMILES string of the molecule is CCc1noc(C)c1C(=O)N1CCCC(CNC(=O)c2ccc(-c3ccccc3)cc2)C1. The first-order chi connectivity index (χ1) is 15.6. The van der Waals surface area contributed by atoms with Gasteiger partial charge >= 0.3 is 0 Å². The normalized spacial score (nSPS) is 16.1. The molecule has 0 aliphatic carbocycles. The number of amides is 2. The van der Waals surface area contributed by atoms with E-state index in [4.69, 9.17) is 4.52 Å². The Balaban J connectivity index is 1.34. The fraction of sp³-hybridized carbons (Fsp3) is 0.346. The Morgan fingerprint density at radius 3 is 2.53 bits per heavy atom. The molecule has 4 rings (SSSR count). The summed E-state index contributed by atoms with van der Waals surface area (Å²) >= 11 is 0. The first-order valence-electron chi connectivity index (χ1n) is 11.2. The van der Waals surface area contributed by atoms with Crippen LogP contribution in [0.5, 0.6) is 0 Å². The molecule has 2 amide bonds. The second-order valence-electron chi connectivity index (χ2n) is 8.33. The van der Waals surface area contributed by atoms with Gasteiger partial charge in [-0.15, -0.1) is 0 Å². The standard InChI is InChI=1S/C26H29N3O3/c1-3-23-24(18(2)32-28-23)26(31)29-15-7-8-19(17-29)16-27-25(30)22-13-11-21(12-14-22)20-9-5-4-6-10-20/h4-6,9-14,19H,3,7-8,15-17H2,1-2H3,(H,27,30). The van der Waals surface area contributed by atoms with Gasteiger partial charge in [0.1, 0.15) is 11.3 Å². The van der Waals surface area contributed by atoms with Crippen LogP contribution in [0.1, 0.15) is 51.9 Å². The molecule has 1 N–H and O–H groups in total. The van der Waals surface area contributed by atoms with Crippen LogP contribution in [0.3, 0.4) is 0 Å². The maximum absolute atomic E-state index is 13.1. The zero-order chi connectivity index (χ0) is 22.5. The number of hydrogen-bond donors (Lipinski definition) is 1. The van der Waals surface area contributed by atoms with Gasteiger partial charge in [0, 0.05) is 25.2 Å². The lowest BCUT2D eigenvalue weighted by atomic mass is 9.96. The lowest BCUT2D eigenvalue weighted by Gasteiger charge is -2.33. The number of nitrogens with one attached hydrogen (secondary N) is 1. The molecule has 6 nitrogen and oxygen atoms in total. The predicted molar refractivity (Wildman–Crippen MR) is 123 cm³/mol. The third-order valence-corrected chi connectivity index (χ3v) is 6.09. The van der Waals surface area contributed by atoms with Gasteiger partial charge in [-0.05, 0) is 55.4 Å². The molecule has 1 unspecified atom stereocenters. The maximum Gasteiger partial charge on any atom is 0.259 e. The number of aryl methyl sites for hydroxylation is 2. The molecule has 1 aromatic heterocycles. The molecular formula is C26H29N3O3. The Kier molecular flexibility index (Phi) is 6.69. The first kappa shape index (κ1) is 21.8. The Hall–Kier alpha value is -3.41. The van der Waals surface area contributed by atoms with Crippen molar-refractivity contribution in [1.29, 1.82) is 0 Å². The largest absolute Gasteiger partial charge is 0.361 e. The molecule has 0 saturated carbocycles. The quantitative estimate of drug-likeness (QED) is 0.624. The van der Waals surface area contributed by atoms with E-state index in [0.29, 0.717) is 42.1 Å². The molecule has 1 fully saturated rings. The summed E-state index contributed by atoms with van der Waals surface area (Å²) in [6, 6.07) is 17.7. The molecule has 0 bridgehead atoms. The third-order valence-electron chi connectivity index (χ3n) is 6.09. The molecular weight excluding hydrogens is 402 g/mol. The second-order valence-corrected chi connectivity index (χ2v) is 8.33. The number of carbonyl (C=O) groups is 2. The number of aromatic nitrogens is 1. The highest BCUT2D eigenvalue weighted by atomic mass is 16.5. The van der Waals surface area contributed by atoms with Crippen LogP contribution in [0.15, 0.2) is 59.1 Å². The number of likely N-dealkylation sites (tertiary alicyclic amines) is 1. The van der Waals surface area contributed by atoms with Gasteiger partial charge in [-0.1, -0.05) is 54.5 Å². The molecule has 32 heavy (non-hydrogen) atoms. The molecule has 2 aromatic carbocycles. The zero-order valence-electron chi connectivity index (χ0n) is 18.6. The van der Waals surface area contributed by atoms with E-state index in [9.17, 15) is 9.59 Å². The van der Waals surface area contributed by atoms with Crippen molar-refractivity contribution in [3.8, 4) is 11.1 Å². The summed E-state index contributed by atoms with van der Waals surface area (Å²) in [5.41, 5.74) is 4.15. The molecule has 0 spiro atoms.